The number of primary amides is 1. The van der Waals surface area contributed by atoms with Crippen molar-refractivity contribution in [1.82, 2.24) is 10.6 Å². The van der Waals surface area contributed by atoms with Gasteiger partial charge in [0.2, 0.25) is 0 Å². The lowest BCUT2D eigenvalue weighted by Crippen LogP contribution is -2.35. The molecule has 19 heavy (non-hydrogen) atoms. The highest BCUT2D eigenvalue weighted by Crippen LogP contribution is 2.23. The molecule has 4 N–H and O–H groups in total. The van der Waals surface area contributed by atoms with Crippen LogP contribution in [0, 0.1) is 12.3 Å². The summed E-state index contributed by atoms with van der Waals surface area (Å²) in [6.45, 7) is 1.94. The summed E-state index contributed by atoms with van der Waals surface area (Å²) in [5.74, 6) is 3.18. The Labute approximate surface area is 121 Å². The number of nitrogens with two attached hydrogens (primary N) is 1. The summed E-state index contributed by atoms with van der Waals surface area (Å²) < 4.78 is 6.42. The first kappa shape index (κ1) is 15.3. The van der Waals surface area contributed by atoms with E-state index in [0.29, 0.717) is 19.6 Å². The van der Waals surface area contributed by atoms with Crippen molar-refractivity contribution in [2.24, 2.45) is 5.73 Å². The van der Waals surface area contributed by atoms with E-state index in [0.717, 1.165) is 15.8 Å². The third kappa shape index (κ3) is 6.13. The minimum absolute atomic E-state index is 0.234. The second kappa shape index (κ2) is 8.40. The van der Waals surface area contributed by atoms with Gasteiger partial charge in [-0.3, -0.25) is 0 Å². The summed E-state index contributed by atoms with van der Waals surface area (Å²) in [6, 6.07) is 5.19. The van der Waals surface area contributed by atoms with Gasteiger partial charge in [0.25, 0.3) is 0 Å². The molecule has 0 aromatic heterocycles. The van der Waals surface area contributed by atoms with Crippen molar-refractivity contribution in [2.75, 3.05) is 19.7 Å². The van der Waals surface area contributed by atoms with Crippen LogP contribution in [-0.4, -0.2) is 25.7 Å². The van der Waals surface area contributed by atoms with E-state index in [1.165, 1.54) is 0 Å². The SMILES string of the molecule is C#CCOc1ccc(Br)cc1CNCCNC(N)=O. The highest BCUT2D eigenvalue weighted by molar-refractivity contribution is 9.10. The fourth-order valence-corrected chi connectivity index (χ4v) is 1.85. The maximum atomic E-state index is 10.5. The molecule has 0 aliphatic heterocycles. The molecule has 0 unspecified atom stereocenters. The van der Waals surface area contributed by atoms with Gasteiger partial charge >= 0.3 is 6.03 Å². The molecule has 0 spiro atoms. The molecule has 0 atom stereocenters. The molecule has 5 nitrogen and oxygen atoms in total. The van der Waals surface area contributed by atoms with E-state index < -0.39 is 6.03 Å². The van der Waals surface area contributed by atoms with Crippen LogP contribution in [0.3, 0.4) is 0 Å². The van der Waals surface area contributed by atoms with E-state index >= 15 is 0 Å². The summed E-state index contributed by atoms with van der Waals surface area (Å²) in [5, 5.41) is 5.68. The van der Waals surface area contributed by atoms with Gasteiger partial charge in [-0.1, -0.05) is 21.9 Å². The highest BCUT2D eigenvalue weighted by atomic mass is 79.9. The van der Waals surface area contributed by atoms with Crippen LogP contribution in [-0.2, 0) is 6.54 Å². The van der Waals surface area contributed by atoms with E-state index in [1.54, 1.807) is 0 Å². The average molecular weight is 326 g/mol. The van der Waals surface area contributed by atoms with Crippen LogP contribution in [0.1, 0.15) is 5.56 Å². The zero-order chi connectivity index (χ0) is 14.1. The van der Waals surface area contributed by atoms with Crippen LogP contribution < -0.4 is 21.1 Å². The molecule has 1 rings (SSSR count). The minimum Gasteiger partial charge on any atom is -0.481 e. The maximum Gasteiger partial charge on any atom is 0.312 e. The Kier molecular flexibility index (Phi) is 6.79. The number of hydrogen-bond donors (Lipinski definition) is 3. The van der Waals surface area contributed by atoms with Crippen molar-refractivity contribution in [1.29, 1.82) is 0 Å². The summed E-state index contributed by atoms with van der Waals surface area (Å²) >= 11 is 3.41. The van der Waals surface area contributed by atoms with Gasteiger partial charge in [0.15, 0.2) is 0 Å². The van der Waals surface area contributed by atoms with Gasteiger partial charge in [-0.15, -0.1) is 6.42 Å². The minimum atomic E-state index is -0.526. The predicted molar refractivity (Wildman–Crippen MR) is 77.8 cm³/mol. The molecule has 1 aromatic carbocycles. The van der Waals surface area contributed by atoms with E-state index in [2.05, 4.69) is 32.5 Å². The molecular formula is C13H16BrN3O2. The van der Waals surface area contributed by atoms with Gasteiger partial charge in [0.1, 0.15) is 12.4 Å². The summed E-state index contributed by atoms with van der Waals surface area (Å²) in [6.07, 6.45) is 5.17. The van der Waals surface area contributed by atoms with Crippen LogP contribution in [0.15, 0.2) is 22.7 Å². The Morgan fingerprint density at radius 3 is 2.95 bits per heavy atom. The summed E-state index contributed by atoms with van der Waals surface area (Å²) in [7, 11) is 0. The molecule has 0 saturated carbocycles. The lowest BCUT2D eigenvalue weighted by atomic mass is 10.2. The van der Waals surface area contributed by atoms with Crippen LogP contribution >= 0.6 is 15.9 Å². The third-order valence-corrected chi connectivity index (χ3v) is 2.74. The van der Waals surface area contributed by atoms with Crippen molar-refractivity contribution < 1.29 is 9.53 Å². The van der Waals surface area contributed by atoms with Crippen molar-refractivity contribution in [3.05, 3.63) is 28.2 Å². The first-order valence-corrected chi connectivity index (χ1v) is 6.51. The normalized spacial score (nSPS) is 9.68. The molecule has 0 aliphatic rings. The van der Waals surface area contributed by atoms with Crippen LogP contribution in [0.5, 0.6) is 5.75 Å². The van der Waals surface area contributed by atoms with Crippen molar-refractivity contribution in [3.8, 4) is 18.1 Å². The number of amides is 2. The molecule has 0 aliphatic carbocycles. The van der Waals surface area contributed by atoms with Gasteiger partial charge in [0.05, 0.1) is 0 Å². The zero-order valence-corrected chi connectivity index (χ0v) is 12.0. The fourth-order valence-electron chi connectivity index (χ4n) is 1.44. The molecular weight excluding hydrogens is 310 g/mol. The number of halogens is 1. The monoisotopic (exact) mass is 325 g/mol. The molecule has 2 amide bonds. The van der Waals surface area contributed by atoms with Crippen LogP contribution in [0.25, 0.3) is 0 Å². The lowest BCUT2D eigenvalue weighted by molar-refractivity contribution is 0.249. The number of nitrogens with one attached hydrogen (secondary N) is 2. The Balaban J connectivity index is 2.48. The van der Waals surface area contributed by atoms with E-state index in [1.807, 2.05) is 18.2 Å². The smallest absolute Gasteiger partial charge is 0.312 e. The number of terminal acetylenes is 1. The Bertz CT molecular complexity index is 471. The third-order valence-electron chi connectivity index (χ3n) is 2.25. The second-order valence-corrected chi connectivity index (χ2v) is 4.63. The van der Waals surface area contributed by atoms with Gasteiger partial charge in [0, 0.05) is 29.7 Å². The summed E-state index contributed by atoms with van der Waals surface area (Å²) in [5.41, 5.74) is 5.95. The van der Waals surface area contributed by atoms with Crippen molar-refractivity contribution >= 4 is 22.0 Å². The summed E-state index contributed by atoms with van der Waals surface area (Å²) in [4.78, 5) is 10.5. The van der Waals surface area contributed by atoms with Gasteiger partial charge in [-0.2, -0.15) is 0 Å². The Morgan fingerprint density at radius 1 is 1.47 bits per heavy atom. The van der Waals surface area contributed by atoms with Crippen molar-refractivity contribution in [3.63, 3.8) is 0 Å². The zero-order valence-electron chi connectivity index (χ0n) is 10.4. The lowest BCUT2D eigenvalue weighted by Gasteiger charge is -2.11. The molecule has 6 heteroatoms. The fraction of sp³-hybridized carbons (Fsp3) is 0.308. The number of urea groups is 1. The van der Waals surface area contributed by atoms with Crippen LogP contribution in [0.2, 0.25) is 0 Å². The highest BCUT2D eigenvalue weighted by Gasteiger charge is 2.04. The molecule has 0 bridgehead atoms. The predicted octanol–water partition coefficient (Wildman–Crippen LogP) is 1.22. The van der Waals surface area contributed by atoms with Crippen LogP contribution in [0.4, 0.5) is 4.79 Å². The number of carbonyl (C=O) groups excluding carboxylic acids is 1. The largest absolute Gasteiger partial charge is 0.481 e. The number of benzene rings is 1. The number of rotatable bonds is 7. The number of hydrogen-bond acceptors (Lipinski definition) is 3. The van der Waals surface area contributed by atoms with Crippen molar-refractivity contribution in [2.45, 2.75) is 6.54 Å². The van der Waals surface area contributed by atoms with E-state index in [9.17, 15) is 4.79 Å². The molecule has 0 heterocycles. The Hall–Kier alpha value is -1.71. The first-order valence-electron chi connectivity index (χ1n) is 5.72. The molecule has 102 valence electrons. The average Bonchev–Trinajstić information content (AvgIpc) is 2.37. The Morgan fingerprint density at radius 2 is 2.26 bits per heavy atom. The van der Waals surface area contributed by atoms with Gasteiger partial charge in [-0.05, 0) is 18.2 Å². The van der Waals surface area contributed by atoms with E-state index in [-0.39, 0.29) is 6.61 Å². The molecule has 0 fully saturated rings. The molecule has 0 saturated heterocycles. The number of carbonyl (C=O) groups is 1. The topological polar surface area (TPSA) is 76.4 Å². The first-order chi connectivity index (χ1) is 9.13. The molecule has 1 aromatic rings. The quantitative estimate of drug-likeness (QED) is 0.521. The van der Waals surface area contributed by atoms with Gasteiger partial charge < -0.3 is 21.1 Å². The number of ether oxygens (including phenoxy) is 1. The van der Waals surface area contributed by atoms with Gasteiger partial charge in [-0.25, -0.2) is 4.79 Å². The molecule has 0 radical (unpaired) electrons. The standard InChI is InChI=1S/C13H16BrN3O2/c1-2-7-19-12-4-3-11(14)8-10(12)9-16-5-6-17-13(15)18/h1,3-4,8,16H,5-7,9H2,(H3,15,17,18). The maximum absolute atomic E-state index is 10.5. The van der Waals surface area contributed by atoms with E-state index in [4.69, 9.17) is 16.9 Å². The second-order valence-electron chi connectivity index (χ2n) is 3.71.